The number of fused-ring (bicyclic) bond motifs is 3. The van der Waals surface area contributed by atoms with Crippen LogP contribution < -0.4 is 5.32 Å². The molecule has 2 heterocycles. The van der Waals surface area contributed by atoms with E-state index in [4.69, 9.17) is 16.0 Å². The van der Waals surface area contributed by atoms with E-state index in [-0.39, 0.29) is 27.2 Å². The summed E-state index contributed by atoms with van der Waals surface area (Å²) in [4.78, 5) is -0.0758. The highest BCUT2D eigenvalue weighted by molar-refractivity contribution is 7.91. The lowest BCUT2D eigenvalue weighted by Gasteiger charge is -2.11. The average molecular weight is 402 g/mol. The van der Waals surface area contributed by atoms with Crippen molar-refractivity contribution in [2.24, 2.45) is 0 Å². The summed E-state index contributed by atoms with van der Waals surface area (Å²) in [5, 5.41) is 4.15. The van der Waals surface area contributed by atoms with Gasteiger partial charge in [-0.1, -0.05) is 17.7 Å². The van der Waals surface area contributed by atoms with Crippen LogP contribution in [0.3, 0.4) is 0 Å². The molecule has 0 saturated heterocycles. The van der Waals surface area contributed by atoms with Crippen molar-refractivity contribution in [2.45, 2.75) is 22.8 Å². The average Bonchev–Trinajstić information content (AvgIpc) is 2.94. The monoisotopic (exact) mass is 401 g/mol. The number of hydrogen-bond donors (Lipinski definition) is 1. The molecular formula is C17H14Cl2FNO3S. The van der Waals surface area contributed by atoms with Gasteiger partial charge in [-0.25, -0.2) is 12.8 Å². The standard InChI is InChI=1S/C17H13ClFNO3S.ClH/c18-15-8-12(24(21,22)11-3-1-2-10(19)6-11)7-13-14-9-20-5-4-16(14)23-17(13)15;/h1-3,6-8,20H,4-5,9H2;1H. The molecule has 1 aromatic heterocycles. The molecule has 0 aliphatic carbocycles. The maximum Gasteiger partial charge on any atom is 0.206 e. The molecule has 0 fully saturated rings. The van der Waals surface area contributed by atoms with Crippen LogP contribution in [0.2, 0.25) is 5.02 Å². The molecule has 3 aromatic rings. The van der Waals surface area contributed by atoms with Crippen LogP contribution in [0.25, 0.3) is 11.0 Å². The Labute approximate surface area is 155 Å². The van der Waals surface area contributed by atoms with E-state index in [9.17, 15) is 12.8 Å². The van der Waals surface area contributed by atoms with Crippen molar-refractivity contribution in [1.29, 1.82) is 0 Å². The zero-order chi connectivity index (χ0) is 16.9. The van der Waals surface area contributed by atoms with Crippen LogP contribution in [0.5, 0.6) is 0 Å². The van der Waals surface area contributed by atoms with Crippen LogP contribution in [0.1, 0.15) is 11.3 Å². The molecule has 1 aliphatic heterocycles. The lowest BCUT2D eigenvalue weighted by molar-refractivity contribution is 0.500. The zero-order valence-corrected chi connectivity index (χ0v) is 15.3. The van der Waals surface area contributed by atoms with Gasteiger partial charge in [0.25, 0.3) is 0 Å². The molecule has 4 nitrogen and oxygen atoms in total. The minimum absolute atomic E-state index is 0. The van der Waals surface area contributed by atoms with E-state index in [2.05, 4.69) is 5.32 Å². The molecule has 0 atom stereocenters. The maximum absolute atomic E-state index is 13.4. The van der Waals surface area contributed by atoms with Gasteiger partial charge in [0.1, 0.15) is 11.6 Å². The number of nitrogens with one attached hydrogen (secondary N) is 1. The molecule has 0 spiro atoms. The van der Waals surface area contributed by atoms with Gasteiger partial charge >= 0.3 is 0 Å². The predicted molar refractivity (Wildman–Crippen MR) is 95.7 cm³/mol. The van der Waals surface area contributed by atoms with E-state index in [1.54, 1.807) is 6.07 Å². The van der Waals surface area contributed by atoms with Gasteiger partial charge in [-0.15, -0.1) is 12.4 Å². The predicted octanol–water partition coefficient (Wildman–Crippen LogP) is 4.13. The molecule has 1 aliphatic rings. The second-order valence-electron chi connectivity index (χ2n) is 5.67. The fourth-order valence-electron chi connectivity index (χ4n) is 2.97. The van der Waals surface area contributed by atoms with Crippen LogP contribution in [0, 0.1) is 5.82 Å². The first kappa shape index (κ1) is 18.2. The van der Waals surface area contributed by atoms with Gasteiger partial charge in [0.2, 0.25) is 9.84 Å². The van der Waals surface area contributed by atoms with Crippen molar-refractivity contribution < 1.29 is 17.2 Å². The van der Waals surface area contributed by atoms with Gasteiger partial charge in [-0.3, -0.25) is 0 Å². The van der Waals surface area contributed by atoms with Gasteiger partial charge < -0.3 is 9.73 Å². The summed E-state index contributed by atoms with van der Waals surface area (Å²) >= 11 is 6.25. The minimum Gasteiger partial charge on any atom is -0.459 e. The van der Waals surface area contributed by atoms with Gasteiger partial charge in [0.15, 0.2) is 5.58 Å². The Bertz CT molecular complexity index is 1060. The SMILES string of the molecule is Cl.O=S(=O)(c1cccc(F)c1)c1cc(Cl)c2oc3c(c2c1)CNCC3. The third kappa shape index (κ3) is 3.04. The molecule has 0 saturated carbocycles. The van der Waals surface area contributed by atoms with E-state index >= 15 is 0 Å². The molecule has 0 radical (unpaired) electrons. The number of halogens is 3. The molecule has 25 heavy (non-hydrogen) atoms. The minimum atomic E-state index is -3.87. The first-order chi connectivity index (χ1) is 11.5. The molecule has 0 amide bonds. The fourth-order valence-corrected chi connectivity index (χ4v) is 4.63. The van der Waals surface area contributed by atoms with Gasteiger partial charge in [-0.05, 0) is 30.3 Å². The Hall–Kier alpha value is -1.60. The van der Waals surface area contributed by atoms with Crippen molar-refractivity contribution in [3.8, 4) is 0 Å². The molecule has 0 bridgehead atoms. The normalized spacial score (nSPS) is 14.2. The first-order valence-electron chi connectivity index (χ1n) is 7.42. The highest BCUT2D eigenvalue weighted by Gasteiger charge is 2.24. The zero-order valence-electron chi connectivity index (χ0n) is 12.9. The summed E-state index contributed by atoms with van der Waals surface area (Å²) in [6.45, 7) is 1.40. The van der Waals surface area contributed by atoms with E-state index in [0.717, 1.165) is 30.4 Å². The molecule has 0 unspecified atom stereocenters. The Balaban J connectivity index is 0.00000182. The highest BCUT2D eigenvalue weighted by Crippen LogP contribution is 2.36. The number of hydrogen-bond acceptors (Lipinski definition) is 4. The van der Waals surface area contributed by atoms with E-state index in [0.29, 0.717) is 17.5 Å². The molecule has 4 rings (SSSR count). The second-order valence-corrected chi connectivity index (χ2v) is 8.03. The summed E-state index contributed by atoms with van der Waals surface area (Å²) in [6.07, 6.45) is 0.728. The Kier molecular flexibility index (Phi) is 4.81. The van der Waals surface area contributed by atoms with Crippen molar-refractivity contribution >= 4 is 44.8 Å². The molecular weight excluding hydrogens is 388 g/mol. The summed E-state index contributed by atoms with van der Waals surface area (Å²) in [6, 6.07) is 7.84. The van der Waals surface area contributed by atoms with Crippen molar-refractivity contribution in [2.75, 3.05) is 6.54 Å². The summed E-state index contributed by atoms with van der Waals surface area (Å²) in [7, 11) is -3.87. The Morgan fingerprint density at radius 3 is 2.72 bits per heavy atom. The first-order valence-corrected chi connectivity index (χ1v) is 9.28. The van der Waals surface area contributed by atoms with E-state index < -0.39 is 15.7 Å². The van der Waals surface area contributed by atoms with Crippen molar-refractivity contribution in [3.05, 3.63) is 58.6 Å². The van der Waals surface area contributed by atoms with Crippen molar-refractivity contribution in [3.63, 3.8) is 0 Å². The summed E-state index contributed by atoms with van der Waals surface area (Å²) in [5.41, 5.74) is 1.41. The Morgan fingerprint density at radius 2 is 1.96 bits per heavy atom. The van der Waals surface area contributed by atoms with Gasteiger partial charge in [0.05, 0.1) is 14.8 Å². The fraction of sp³-hybridized carbons (Fsp3) is 0.176. The maximum atomic E-state index is 13.4. The smallest absolute Gasteiger partial charge is 0.206 e. The largest absolute Gasteiger partial charge is 0.459 e. The van der Waals surface area contributed by atoms with Crippen molar-refractivity contribution in [1.82, 2.24) is 5.32 Å². The van der Waals surface area contributed by atoms with Crippen LogP contribution in [0.4, 0.5) is 4.39 Å². The van der Waals surface area contributed by atoms with Crippen LogP contribution in [-0.4, -0.2) is 15.0 Å². The van der Waals surface area contributed by atoms with E-state index in [1.165, 1.54) is 24.3 Å². The van der Waals surface area contributed by atoms with Crippen LogP contribution in [0.15, 0.2) is 50.6 Å². The summed E-state index contributed by atoms with van der Waals surface area (Å²) in [5.74, 6) is 0.221. The lowest BCUT2D eigenvalue weighted by Crippen LogP contribution is -2.22. The highest BCUT2D eigenvalue weighted by atomic mass is 35.5. The number of sulfone groups is 1. The van der Waals surface area contributed by atoms with Gasteiger partial charge in [0, 0.05) is 30.5 Å². The Morgan fingerprint density at radius 1 is 1.16 bits per heavy atom. The van der Waals surface area contributed by atoms with E-state index in [1.807, 2.05) is 0 Å². The molecule has 2 aromatic carbocycles. The molecule has 8 heteroatoms. The van der Waals surface area contributed by atoms with Crippen LogP contribution in [-0.2, 0) is 22.8 Å². The number of furan rings is 1. The topological polar surface area (TPSA) is 59.3 Å². The number of rotatable bonds is 2. The lowest BCUT2D eigenvalue weighted by atomic mass is 10.1. The number of benzene rings is 2. The third-order valence-corrected chi connectivity index (χ3v) is 6.16. The molecule has 132 valence electrons. The third-order valence-electron chi connectivity index (χ3n) is 4.15. The second kappa shape index (κ2) is 6.61. The molecule has 1 N–H and O–H groups in total. The quantitative estimate of drug-likeness (QED) is 0.701. The van der Waals surface area contributed by atoms with Gasteiger partial charge in [-0.2, -0.15) is 0 Å². The van der Waals surface area contributed by atoms with Crippen LogP contribution >= 0.6 is 24.0 Å². The summed E-state index contributed by atoms with van der Waals surface area (Å²) < 4.78 is 44.8.